The molecule has 2 rings (SSSR count). The van der Waals surface area contributed by atoms with Crippen LogP contribution in [-0.4, -0.2) is 13.9 Å². The van der Waals surface area contributed by atoms with Crippen molar-refractivity contribution in [1.29, 1.82) is 0 Å². The Labute approximate surface area is 89.4 Å². The maximum absolute atomic E-state index is 5.50. The SMILES string of the molecule is COCOc1ccc(C)c2ccccc12. The predicted molar refractivity (Wildman–Crippen MR) is 61.2 cm³/mol. The molecule has 0 unspecified atom stereocenters. The van der Waals surface area contributed by atoms with Gasteiger partial charge in [-0.3, -0.25) is 0 Å². The molecule has 2 aromatic carbocycles. The van der Waals surface area contributed by atoms with E-state index in [9.17, 15) is 0 Å². The van der Waals surface area contributed by atoms with E-state index in [1.54, 1.807) is 7.11 Å². The Bertz CT molecular complexity index is 463. The molecule has 2 aromatic rings. The lowest BCUT2D eigenvalue weighted by Gasteiger charge is -2.09. The van der Waals surface area contributed by atoms with Crippen LogP contribution in [0.15, 0.2) is 36.4 Å². The minimum Gasteiger partial charge on any atom is -0.467 e. The van der Waals surface area contributed by atoms with Gasteiger partial charge in [-0.2, -0.15) is 0 Å². The normalized spacial score (nSPS) is 10.5. The van der Waals surface area contributed by atoms with Crippen LogP contribution in [-0.2, 0) is 4.74 Å². The number of hydrogen-bond acceptors (Lipinski definition) is 2. The van der Waals surface area contributed by atoms with Crippen molar-refractivity contribution in [2.75, 3.05) is 13.9 Å². The van der Waals surface area contributed by atoms with Gasteiger partial charge in [0.15, 0.2) is 6.79 Å². The molecule has 0 saturated carbocycles. The quantitative estimate of drug-likeness (QED) is 0.712. The number of methoxy groups -OCH3 is 1. The van der Waals surface area contributed by atoms with Crippen LogP contribution in [0, 0.1) is 6.92 Å². The minimum atomic E-state index is 0.285. The van der Waals surface area contributed by atoms with Crippen molar-refractivity contribution in [3.05, 3.63) is 42.0 Å². The number of aryl methyl sites for hydroxylation is 1. The third kappa shape index (κ3) is 1.95. The molecule has 15 heavy (non-hydrogen) atoms. The zero-order valence-corrected chi connectivity index (χ0v) is 8.99. The van der Waals surface area contributed by atoms with Crippen molar-refractivity contribution in [3.63, 3.8) is 0 Å². The van der Waals surface area contributed by atoms with Crippen molar-refractivity contribution in [3.8, 4) is 5.75 Å². The van der Waals surface area contributed by atoms with Crippen LogP contribution in [0.2, 0.25) is 0 Å². The lowest BCUT2D eigenvalue weighted by molar-refractivity contribution is 0.0522. The summed E-state index contributed by atoms with van der Waals surface area (Å²) in [4.78, 5) is 0. The third-order valence-electron chi connectivity index (χ3n) is 2.43. The Hall–Kier alpha value is -1.54. The van der Waals surface area contributed by atoms with Crippen LogP contribution in [0.25, 0.3) is 10.8 Å². The second kappa shape index (κ2) is 4.32. The fourth-order valence-corrected chi connectivity index (χ4v) is 1.67. The van der Waals surface area contributed by atoms with Crippen LogP contribution in [0.5, 0.6) is 5.75 Å². The van der Waals surface area contributed by atoms with Gasteiger partial charge in [0.25, 0.3) is 0 Å². The predicted octanol–water partition coefficient (Wildman–Crippen LogP) is 3.13. The Morgan fingerprint density at radius 2 is 1.73 bits per heavy atom. The van der Waals surface area contributed by atoms with Gasteiger partial charge in [0.1, 0.15) is 5.75 Å². The number of fused-ring (bicyclic) bond motifs is 1. The van der Waals surface area contributed by atoms with E-state index >= 15 is 0 Å². The zero-order chi connectivity index (χ0) is 10.7. The number of ether oxygens (including phenoxy) is 2. The van der Waals surface area contributed by atoms with Crippen molar-refractivity contribution < 1.29 is 9.47 Å². The lowest BCUT2D eigenvalue weighted by Crippen LogP contribution is -1.99. The topological polar surface area (TPSA) is 18.5 Å². The molecular weight excluding hydrogens is 188 g/mol. The Morgan fingerprint density at radius 1 is 1.00 bits per heavy atom. The highest BCUT2D eigenvalue weighted by Gasteiger charge is 2.03. The second-order valence-electron chi connectivity index (χ2n) is 3.48. The van der Waals surface area contributed by atoms with Gasteiger partial charge in [-0.1, -0.05) is 30.3 Å². The Kier molecular flexibility index (Phi) is 2.88. The summed E-state index contributed by atoms with van der Waals surface area (Å²) in [5.74, 6) is 0.873. The molecule has 0 amide bonds. The molecule has 2 nitrogen and oxygen atoms in total. The summed E-state index contributed by atoms with van der Waals surface area (Å²) in [7, 11) is 1.62. The van der Waals surface area contributed by atoms with Crippen LogP contribution < -0.4 is 4.74 Å². The molecule has 0 aliphatic heterocycles. The molecule has 0 fully saturated rings. The van der Waals surface area contributed by atoms with Crippen molar-refractivity contribution in [1.82, 2.24) is 0 Å². The van der Waals surface area contributed by atoms with Crippen LogP contribution in [0.3, 0.4) is 0 Å². The van der Waals surface area contributed by atoms with E-state index in [-0.39, 0.29) is 6.79 Å². The maximum Gasteiger partial charge on any atom is 0.188 e. The van der Waals surface area contributed by atoms with Gasteiger partial charge in [-0.05, 0) is 23.9 Å². The average molecular weight is 202 g/mol. The van der Waals surface area contributed by atoms with Crippen molar-refractivity contribution in [2.24, 2.45) is 0 Å². The molecule has 78 valence electrons. The van der Waals surface area contributed by atoms with Crippen LogP contribution in [0.1, 0.15) is 5.56 Å². The van der Waals surface area contributed by atoms with Gasteiger partial charge < -0.3 is 9.47 Å². The summed E-state index contributed by atoms with van der Waals surface area (Å²) in [5, 5.41) is 2.36. The molecule has 0 aliphatic rings. The largest absolute Gasteiger partial charge is 0.467 e. The molecule has 2 heteroatoms. The van der Waals surface area contributed by atoms with Gasteiger partial charge in [0.05, 0.1) is 0 Å². The molecule has 0 aliphatic carbocycles. The summed E-state index contributed by atoms with van der Waals surface area (Å²) in [6.45, 7) is 2.38. The highest BCUT2D eigenvalue weighted by Crippen LogP contribution is 2.27. The van der Waals surface area contributed by atoms with Crippen LogP contribution in [0.4, 0.5) is 0 Å². The Balaban J connectivity index is 2.51. The molecule has 0 saturated heterocycles. The van der Waals surface area contributed by atoms with Crippen molar-refractivity contribution >= 4 is 10.8 Å². The highest BCUT2D eigenvalue weighted by molar-refractivity contribution is 5.90. The van der Waals surface area contributed by atoms with E-state index in [0.29, 0.717) is 0 Å². The van der Waals surface area contributed by atoms with Crippen LogP contribution >= 0.6 is 0 Å². The third-order valence-corrected chi connectivity index (χ3v) is 2.43. The molecule has 0 N–H and O–H groups in total. The van der Waals surface area contributed by atoms with E-state index in [1.165, 1.54) is 10.9 Å². The van der Waals surface area contributed by atoms with Gasteiger partial charge in [-0.15, -0.1) is 0 Å². The number of rotatable bonds is 3. The molecule has 0 atom stereocenters. The standard InChI is InChI=1S/C13H14O2/c1-10-7-8-13(15-9-14-2)12-6-4-3-5-11(10)12/h3-8H,9H2,1-2H3. The minimum absolute atomic E-state index is 0.285. The molecule has 0 heterocycles. The summed E-state index contributed by atoms with van der Waals surface area (Å²) >= 11 is 0. The summed E-state index contributed by atoms with van der Waals surface area (Å²) < 4.78 is 10.4. The van der Waals surface area contributed by atoms with Gasteiger partial charge in [0, 0.05) is 12.5 Å². The van der Waals surface area contributed by atoms with E-state index in [0.717, 1.165) is 11.1 Å². The smallest absolute Gasteiger partial charge is 0.188 e. The lowest BCUT2D eigenvalue weighted by atomic mass is 10.1. The van der Waals surface area contributed by atoms with E-state index < -0.39 is 0 Å². The maximum atomic E-state index is 5.50. The first-order chi connectivity index (χ1) is 7.33. The van der Waals surface area contributed by atoms with Gasteiger partial charge in [0.2, 0.25) is 0 Å². The first-order valence-corrected chi connectivity index (χ1v) is 4.93. The first kappa shape index (κ1) is 9.99. The first-order valence-electron chi connectivity index (χ1n) is 4.93. The monoisotopic (exact) mass is 202 g/mol. The van der Waals surface area contributed by atoms with Gasteiger partial charge >= 0.3 is 0 Å². The fourth-order valence-electron chi connectivity index (χ4n) is 1.67. The average Bonchev–Trinajstić information content (AvgIpc) is 2.29. The zero-order valence-electron chi connectivity index (χ0n) is 8.99. The second-order valence-corrected chi connectivity index (χ2v) is 3.48. The van der Waals surface area contributed by atoms with E-state index in [4.69, 9.17) is 9.47 Å². The summed E-state index contributed by atoms with van der Waals surface area (Å²) in [6, 6.07) is 12.3. The molecule has 0 radical (unpaired) electrons. The number of benzene rings is 2. The van der Waals surface area contributed by atoms with E-state index in [2.05, 4.69) is 25.1 Å². The Morgan fingerprint density at radius 3 is 2.47 bits per heavy atom. The molecule has 0 spiro atoms. The molecule has 0 bridgehead atoms. The van der Waals surface area contributed by atoms with E-state index in [1.807, 2.05) is 18.2 Å². The summed E-state index contributed by atoms with van der Waals surface area (Å²) in [5.41, 5.74) is 1.26. The number of hydrogen-bond donors (Lipinski definition) is 0. The van der Waals surface area contributed by atoms with Crippen molar-refractivity contribution in [2.45, 2.75) is 6.92 Å². The molecular formula is C13H14O2. The summed E-state index contributed by atoms with van der Waals surface area (Å²) in [6.07, 6.45) is 0. The molecule has 0 aromatic heterocycles. The fraction of sp³-hybridized carbons (Fsp3) is 0.231. The highest BCUT2D eigenvalue weighted by atomic mass is 16.7. The van der Waals surface area contributed by atoms with Gasteiger partial charge in [-0.25, -0.2) is 0 Å².